The summed E-state index contributed by atoms with van der Waals surface area (Å²) < 4.78 is 13.3. The molecule has 1 aromatic heterocycles. The van der Waals surface area contributed by atoms with E-state index in [2.05, 4.69) is 10.9 Å². The topological polar surface area (TPSA) is 90.2 Å². The molecule has 2 heterocycles. The van der Waals surface area contributed by atoms with Gasteiger partial charge < -0.3 is 14.0 Å². The van der Waals surface area contributed by atoms with Crippen LogP contribution in [0.2, 0.25) is 0 Å². The molecule has 8 nitrogen and oxygen atoms in total. The summed E-state index contributed by atoms with van der Waals surface area (Å²) >= 11 is 1.31. The van der Waals surface area contributed by atoms with Crippen molar-refractivity contribution in [3.63, 3.8) is 0 Å². The molecule has 0 bridgehead atoms. The molecular formula is C23H19N3O5S. The number of terminal acetylenes is 1. The van der Waals surface area contributed by atoms with Gasteiger partial charge in [0.05, 0.1) is 36.7 Å². The van der Waals surface area contributed by atoms with Crippen molar-refractivity contribution in [2.24, 2.45) is 4.99 Å². The molecule has 9 heteroatoms. The highest BCUT2D eigenvalue weighted by molar-refractivity contribution is 7.16. The van der Waals surface area contributed by atoms with Crippen molar-refractivity contribution in [2.75, 3.05) is 19.1 Å². The molecule has 162 valence electrons. The number of hydrogen-bond donors (Lipinski definition) is 0. The Morgan fingerprint density at radius 2 is 1.72 bits per heavy atom. The summed E-state index contributed by atoms with van der Waals surface area (Å²) in [6, 6.07) is 9.84. The summed E-state index contributed by atoms with van der Waals surface area (Å²) in [6.45, 7) is 0.222. The third-order valence-electron chi connectivity index (χ3n) is 5.06. The van der Waals surface area contributed by atoms with Crippen LogP contribution in [0.4, 0.5) is 5.69 Å². The molecule has 0 radical (unpaired) electrons. The van der Waals surface area contributed by atoms with Crippen LogP contribution in [0, 0.1) is 12.3 Å². The van der Waals surface area contributed by atoms with Gasteiger partial charge in [0.15, 0.2) is 16.3 Å². The SMILES string of the molecule is C#CCn1c(=NC(=O)c2ccc(N3C(=O)CCC3=O)cc2)sc2cc(OC)c(OC)cc21. The van der Waals surface area contributed by atoms with Crippen LogP contribution in [0.15, 0.2) is 41.4 Å². The zero-order chi connectivity index (χ0) is 22.8. The molecule has 0 unspecified atom stereocenters. The molecule has 2 aromatic carbocycles. The van der Waals surface area contributed by atoms with Crippen LogP contribution >= 0.6 is 11.3 Å². The van der Waals surface area contributed by atoms with Gasteiger partial charge in [-0.2, -0.15) is 4.99 Å². The molecule has 1 aliphatic heterocycles. The van der Waals surface area contributed by atoms with Gasteiger partial charge in [-0.15, -0.1) is 6.42 Å². The van der Waals surface area contributed by atoms with E-state index in [4.69, 9.17) is 15.9 Å². The standard InChI is InChI=1S/C23H19N3O5S/c1-4-11-25-16-12-17(30-2)18(31-3)13-19(16)32-23(25)24-22(29)14-5-7-15(8-6-14)26-20(27)9-10-21(26)28/h1,5-8,12-13H,9-11H2,2-3H3. The van der Waals surface area contributed by atoms with E-state index in [1.807, 2.05) is 6.07 Å². The summed E-state index contributed by atoms with van der Waals surface area (Å²) in [7, 11) is 3.10. The molecule has 3 aromatic rings. The van der Waals surface area contributed by atoms with Crippen LogP contribution in [-0.4, -0.2) is 36.5 Å². The molecule has 4 rings (SSSR count). The van der Waals surface area contributed by atoms with Crippen molar-refractivity contribution in [1.82, 2.24) is 4.57 Å². The molecule has 3 amide bonds. The van der Waals surface area contributed by atoms with Crippen LogP contribution in [0.1, 0.15) is 23.2 Å². The highest BCUT2D eigenvalue weighted by Gasteiger charge is 2.30. The average molecular weight is 449 g/mol. The fourth-order valence-electron chi connectivity index (χ4n) is 3.50. The quantitative estimate of drug-likeness (QED) is 0.441. The second-order valence-corrected chi connectivity index (χ2v) is 7.95. The minimum Gasteiger partial charge on any atom is -0.493 e. The first-order chi connectivity index (χ1) is 15.5. The van der Waals surface area contributed by atoms with Crippen molar-refractivity contribution in [1.29, 1.82) is 0 Å². The predicted octanol–water partition coefficient (Wildman–Crippen LogP) is 2.75. The zero-order valence-corrected chi connectivity index (χ0v) is 18.3. The number of rotatable bonds is 5. The molecule has 0 N–H and O–H groups in total. The number of thiazole rings is 1. The summed E-state index contributed by atoms with van der Waals surface area (Å²) in [5, 5.41) is 0. The zero-order valence-electron chi connectivity index (χ0n) is 17.5. The van der Waals surface area contributed by atoms with E-state index in [1.165, 1.54) is 11.3 Å². The van der Waals surface area contributed by atoms with Gasteiger partial charge in [-0.1, -0.05) is 17.3 Å². The number of nitrogens with zero attached hydrogens (tertiary/aromatic N) is 3. The molecule has 0 spiro atoms. The Balaban J connectivity index is 1.72. The van der Waals surface area contributed by atoms with Gasteiger partial charge >= 0.3 is 0 Å². The van der Waals surface area contributed by atoms with Crippen molar-refractivity contribution >= 4 is 45.0 Å². The van der Waals surface area contributed by atoms with Gasteiger partial charge in [0.2, 0.25) is 11.8 Å². The number of aromatic nitrogens is 1. The normalized spacial score (nSPS) is 14.2. The Hall–Kier alpha value is -3.90. The largest absolute Gasteiger partial charge is 0.493 e. The minimum atomic E-state index is -0.466. The van der Waals surface area contributed by atoms with E-state index in [0.29, 0.717) is 27.6 Å². The maximum atomic E-state index is 12.8. The second kappa shape index (κ2) is 8.69. The fourth-order valence-corrected chi connectivity index (χ4v) is 4.53. The molecule has 32 heavy (non-hydrogen) atoms. The summed E-state index contributed by atoms with van der Waals surface area (Å²) in [6.07, 6.45) is 5.94. The lowest BCUT2D eigenvalue weighted by Crippen LogP contribution is -2.28. The molecule has 0 saturated carbocycles. The lowest BCUT2D eigenvalue weighted by Gasteiger charge is -2.13. The minimum absolute atomic E-state index is 0.200. The molecule has 1 aliphatic rings. The number of fused-ring (bicyclic) bond motifs is 1. The number of methoxy groups -OCH3 is 2. The third kappa shape index (κ3) is 3.76. The smallest absolute Gasteiger partial charge is 0.279 e. The lowest BCUT2D eigenvalue weighted by molar-refractivity contribution is -0.121. The number of benzene rings is 2. The first kappa shape index (κ1) is 21.3. The Kier molecular flexibility index (Phi) is 5.79. The second-order valence-electron chi connectivity index (χ2n) is 6.94. The predicted molar refractivity (Wildman–Crippen MR) is 120 cm³/mol. The van der Waals surface area contributed by atoms with Crippen LogP contribution in [-0.2, 0) is 16.1 Å². The van der Waals surface area contributed by atoms with Gasteiger partial charge in [0.1, 0.15) is 0 Å². The fraction of sp³-hybridized carbons (Fsp3) is 0.217. The average Bonchev–Trinajstić information content (AvgIpc) is 3.31. The van der Waals surface area contributed by atoms with Crippen LogP contribution in [0.25, 0.3) is 10.2 Å². The Morgan fingerprint density at radius 3 is 2.31 bits per heavy atom. The van der Waals surface area contributed by atoms with E-state index >= 15 is 0 Å². The van der Waals surface area contributed by atoms with Crippen molar-refractivity contribution < 1.29 is 23.9 Å². The molecule has 1 fully saturated rings. The number of carbonyl (C=O) groups is 3. The van der Waals surface area contributed by atoms with E-state index in [9.17, 15) is 14.4 Å². The van der Waals surface area contributed by atoms with Gasteiger partial charge in [-0.05, 0) is 24.3 Å². The van der Waals surface area contributed by atoms with E-state index < -0.39 is 5.91 Å². The summed E-state index contributed by atoms with van der Waals surface area (Å²) in [4.78, 5) is 42.5. The van der Waals surface area contributed by atoms with Crippen molar-refractivity contribution in [3.05, 3.63) is 46.8 Å². The van der Waals surface area contributed by atoms with Crippen LogP contribution < -0.4 is 19.2 Å². The molecule has 0 atom stereocenters. The number of amides is 3. The maximum Gasteiger partial charge on any atom is 0.279 e. The van der Waals surface area contributed by atoms with E-state index in [-0.39, 0.29) is 31.2 Å². The van der Waals surface area contributed by atoms with E-state index in [1.54, 1.807) is 49.1 Å². The van der Waals surface area contributed by atoms with E-state index in [0.717, 1.165) is 15.1 Å². The molecule has 1 saturated heterocycles. The molecular weight excluding hydrogens is 430 g/mol. The molecule has 0 aliphatic carbocycles. The van der Waals surface area contributed by atoms with Gasteiger partial charge in [0.25, 0.3) is 5.91 Å². The van der Waals surface area contributed by atoms with Crippen LogP contribution in [0.5, 0.6) is 11.5 Å². The van der Waals surface area contributed by atoms with Gasteiger partial charge in [-0.25, -0.2) is 0 Å². The third-order valence-corrected chi connectivity index (χ3v) is 6.10. The van der Waals surface area contributed by atoms with Gasteiger partial charge in [0, 0.05) is 30.5 Å². The first-order valence-corrected chi connectivity index (χ1v) is 10.5. The lowest BCUT2D eigenvalue weighted by atomic mass is 10.2. The van der Waals surface area contributed by atoms with Crippen molar-refractivity contribution in [3.8, 4) is 23.8 Å². The van der Waals surface area contributed by atoms with Gasteiger partial charge in [-0.3, -0.25) is 19.3 Å². The number of ether oxygens (including phenoxy) is 2. The Morgan fingerprint density at radius 1 is 1.09 bits per heavy atom. The van der Waals surface area contributed by atoms with Crippen molar-refractivity contribution in [2.45, 2.75) is 19.4 Å². The number of hydrogen-bond acceptors (Lipinski definition) is 6. The first-order valence-electron chi connectivity index (χ1n) is 9.70. The number of imide groups is 1. The number of carbonyl (C=O) groups excluding carboxylic acids is 3. The monoisotopic (exact) mass is 449 g/mol. The summed E-state index contributed by atoms with van der Waals surface area (Å²) in [5.41, 5.74) is 1.55. The summed E-state index contributed by atoms with van der Waals surface area (Å²) in [5.74, 6) is 2.74. The number of anilines is 1. The highest BCUT2D eigenvalue weighted by atomic mass is 32.1. The Bertz CT molecular complexity index is 1330. The Labute approximate surface area is 187 Å². The maximum absolute atomic E-state index is 12.8. The highest BCUT2D eigenvalue weighted by Crippen LogP contribution is 2.33. The van der Waals surface area contributed by atoms with Crippen LogP contribution in [0.3, 0.4) is 0 Å².